The molecule has 1 aromatic carbocycles. The molecule has 132 valence electrons. The predicted octanol–water partition coefficient (Wildman–Crippen LogP) is 3.87. The first-order valence-corrected chi connectivity index (χ1v) is 9.37. The molecule has 1 fully saturated rings. The van der Waals surface area contributed by atoms with Gasteiger partial charge in [-0.05, 0) is 31.4 Å². The standard InChI is InChI=1S/C19H23N3O2S/c1-11(2)15-10-25-19(20-15)21-18(24)14-8-17(23)22(9-14)16-6-5-12(3)7-13(16)4/h5-7,10-11,14H,8-9H2,1-4H3,(H,20,21,24)/t14-/m0/s1. The fourth-order valence-corrected chi connectivity index (χ4v) is 3.92. The quantitative estimate of drug-likeness (QED) is 0.903. The monoisotopic (exact) mass is 357 g/mol. The van der Waals surface area contributed by atoms with E-state index in [1.807, 2.05) is 31.4 Å². The van der Waals surface area contributed by atoms with Crippen LogP contribution in [0.25, 0.3) is 0 Å². The second-order valence-electron chi connectivity index (χ2n) is 6.92. The van der Waals surface area contributed by atoms with Crippen molar-refractivity contribution in [3.63, 3.8) is 0 Å². The lowest BCUT2D eigenvalue weighted by Crippen LogP contribution is -2.28. The Morgan fingerprint density at radius 1 is 1.36 bits per heavy atom. The number of aryl methyl sites for hydroxylation is 2. The zero-order valence-corrected chi connectivity index (χ0v) is 15.8. The highest BCUT2D eigenvalue weighted by molar-refractivity contribution is 7.13. The maximum absolute atomic E-state index is 12.5. The fraction of sp³-hybridized carbons (Fsp3) is 0.421. The second kappa shape index (κ2) is 6.96. The molecule has 0 spiro atoms. The van der Waals surface area contributed by atoms with Gasteiger partial charge in [-0.3, -0.25) is 9.59 Å². The summed E-state index contributed by atoms with van der Waals surface area (Å²) >= 11 is 1.43. The van der Waals surface area contributed by atoms with Crippen LogP contribution < -0.4 is 10.2 Å². The topological polar surface area (TPSA) is 62.3 Å². The summed E-state index contributed by atoms with van der Waals surface area (Å²) in [5.41, 5.74) is 4.07. The SMILES string of the molecule is Cc1ccc(N2C[C@@H](C(=O)Nc3nc(C(C)C)cs3)CC2=O)c(C)c1. The lowest BCUT2D eigenvalue weighted by molar-refractivity contribution is -0.122. The number of rotatable bonds is 4. The molecule has 0 radical (unpaired) electrons. The molecule has 1 aliphatic rings. The van der Waals surface area contributed by atoms with Crippen LogP contribution in [-0.2, 0) is 9.59 Å². The smallest absolute Gasteiger partial charge is 0.231 e. The first-order chi connectivity index (χ1) is 11.8. The molecule has 25 heavy (non-hydrogen) atoms. The number of amides is 2. The minimum atomic E-state index is -0.348. The number of benzene rings is 1. The Labute approximate surface area is 152 Å². The van der Waals surface area contributed by atoms with Crippen molar-refractivity contribution in [1.82, 2.24) is 4.98 Å². The molecule has 2 aromatic rings. The van der Waals surface area contributed by atoms with Gasteiger partial charge in [0.05, 0.1) is 11.6 Å². The summed E-state index contributed by atoms with van der Waals surface area (Å²) in [6, 6.07) is 6.00. The van der Waals surface area contributed by atoms with E-state index in [1.165, 1.54) is 11.3 Å². The maximum atomic E-state index is 12.5. The molecule has 3 rings (SSSR count). The van der Waals surface area contributed by atoms with E-state index in [1.54, 1.807) is 4.90 Å². The number of nitrogens with zero attached hydrogens (tertiary/aromatic N) is 2. The normalized spacial score (nSPS) is 17.4. The highest BCUT2D eigenvalue weighted by Gasteiger charge is 2.36. The minimum Gasteiger partial charge on any atom is -0.311 e. The third-order valence-electron chi connectivity index (χ3n) is 4.48. The Morgan fingerprint density at radius 3 is 2.76 bits per heavy atom. The molecule has 1 saturated heterocycles. The van der Waals surface area contributed by atoms with Crippen molar-refractivity contribution in [2.45, 2.75) is 40.0 Å². The highest BCUT2D eigenvalue weighted by Crippen LogP contribution is 2.29. The van der Waals surface area contributed by atoms with Crippen LogP contribution in [0, 0.1) is 19.8 Å². The van der Waals surface area contributed by atoms with Gasteiger partial charge >= 0.3 is 0 Å². The van der Waals surface area contributed by atoms with E-state index >= 15 is 0 Å². The molecule has 0 aliphatic carbocycles. The zero-order chi connectivity index (χ0) is 18.1. The zero-order valence-electron chi connectivity index (χ0n) is 15.0. The number of aromatic nitrogens is 1. The van der Waals surface area contributed by atoms with Gasteiger partial charge < -0.3 is 10.2 Å². The van der Waals surface area contributed by atoms with Crippen LogP contribution in [0.3, 0.4) is 0 Å². The summed E-state index contributed by atoms with van der Waals surface area (Å²) in [5.74, 6) is -0.158. The molecule has 5 nitrogen and oxygen atoms in total. The molecule has 1 aliphatic heterocycles. The number of carbonyl (C=O) groups excluding carboxylic acids is 2. The van der Waals surface area contributed by atoms with E-state index in [9.17, 15) is 9.59 Å². The summed E-state index contributed by atoms with van der Waals surface area (Å²) < 4.78 is 0. The van der Waals surface area contributed by atoms with Gasteiger partial charge in [0.2, 0.25) is 11.8 Å². The van der Waals surface area contributed by atoms with Gasteiger partial charge in [0.1, 0.15) is 0 Å². The molecule has 1 N–H and O–H groups in total. The summed E-state index contributed by atoms with van der Waals surface area (Å²) in [6.45, 7) is 8.57. The molecule has 2 amide bonds. The van der Waals surface area contributed by atoms with Crippen LogP contribution in [0.1, 0.15) is 43.0 Å². The number of hydrogen-bond acceptors (Lipinski definition) is 4. The van der Waals surface area contributed by atoms with Gasteiger partial charge in [-0.1, -0.05) is 31.5 Å². The highest BCUT2D eigenvalue weighted by atomic mass is 32.1. The van der Waals surface area contributed by atoms with Gasteiger partial charge in [0.15, 0.2) is 5.13 Å². The van der Waals surface area contributed by atoms with Crippen LogP contribution in [0.2, 0.25) is 0 Å². The molecule has 1 aromatic heterocycles. The van der Waals surface area contributed by atoms with Gasteiger partial charge in [0.25, 0.3) is 0 Å². The van der Waals surface area contributed by atoms with Crippen LogP contribution in [0.15, 0.2) is 23.6 Å². The van der Waals surface area contributed by atoms with Crippen molar-refractivity contribution in [2.24, 2.45) is 5.92 Å². The molecule has 1 atom stereocenters. The Kier molecular flexibility index (Phi) is 4.90. The van der Waals surface area contributed by atoms with Crippen molar-refractivity contribution in [2.75, 3.05) is 16.8 Å². The lowest BCUT2D eigenvalue weighted by atomic mass is 10.1. The van der Waals surface area contributed by atoms with Crippen LogP contribution in [0.5, 0.6) is 0 Å². The predicted molar refractivity (Wildman–Crippen MR) is 101 cm³/mol. The Hall–Kier alpha value is -2.21. The van der Waals surface area contributed by atoms with Crippen molar-refractivity contribution in [3.8, 4) is 0 Å². The lowest BCUT2D eigenvalue weighted by Gasteiger charge is -2.19. The maximum Gasteiger partial charge on any atom is 0.231 e. The summed E-state index contributed by atoms with van der Waals surface area (Å²) in [6.07, 6.45) is 0.238. The van der Waals surface area contributed by atoms with Crippen molar-refractivity contribution >= 4 is 34.0 Å². The molecule has 0 saturated carbocycles. The molecular formula is C19H23N3O2S. The largest absolute Gasteiger partial charge is 0.311 e. The van der Waals surface area contributed by atoms with E-state index < -0.39 is 0 Å². The number of hydrogen-bond donors (Lipinski definition) is 1. The average Bonchev–Trinajstić information content (AvgIpc) is 3.14. The van der Waals surface area contributed by atoms with E-state index in [-0.39, 0.29) is 24.2 Å². The molecular weight excluding hydrogens is 334 g/mol. The molecule has 0 unspecified atom stereocenters. The van der Waals surface area contributed by atoms with Gasteiger partial charge in [-0.25, -0.2) is 4.98 Å². The summed E-state index contributed by atoms with van der Waals surface area (Å²) in [5, 5.41) is 5.43. The first kappa shape index (κ1) is 17.6. The van der Waals surface area contributed by atoms with Gasteiger partial charge in [-0.15, -0.1) is 11.3 Å². The number of carbonyl (C=O) groups is 2. The average molecular weight is 357 g/mol. The number of anilines is 2. The molecule has 6 heteroatoms. The fourth-order valence-electron chi connectivity index (χ4n) is 3.04. The Morgan fingerprint density at radius 2 is 2.12 bits per heavy atom. The van der Waals surface area contributed by atoms with Crippen LogP contribution >= 0.6 is 11.3 Å². The van der Waals surface area contributed by atoms with Crippen LogP contribution in [0.4, 0.5) is 10.8 Å². The third kappa shape index (κ3) is 3.74. The van der Waals surface area contributed by atoms with E-state index in [0.29, 0.717) is 17.6 Å². The third-order valence-corrected chi connectivity index (χ3v) is 5.26. The minimum absolute atomic E-state index is 0.00545. The Balaban J connectivity index is 1.69. The first-order valence-electron chi connectivity index (χ1n) is 8.49. The van der Waals surface area contributed by atoms with Gasteiger partial charge in [0, 0.05) is 24.0 Å². The second-order valence-corrected chi connectivity index (χ2v) is 7.77. The Bertz CT molecular complexity index is 813. The number of nitrogens with one attached hydrogen (secondary N) is 1. The van der Waals surface area contributed by atoms with E-state index in [2.05, 4.69) is 30.2 Å². The summed E-state index contributed by atoms with van der Waals surface area (Å²) in [4.78, 5) is 31.1. The van der Waals surface area contributed by atoms with Crippen LogP contribution in [-0.4, -0.2) is 23.3 Å². The van der Waals surface area contributed by atoms with Crippen molar-refractivity contribution in [1.29, 1.82) is 0 Å². The van der Waals surface area contributed by atoms with E-state index in [0.717, 1.165) is 22.5 Å². The van der Waals surface area contributed by atoms with Crippen molar-refractivity contribution in [3.05, 3.63) is 40.4 Å². The number of thiazole rings is 1. The molecule has 2 heterocycles. The van der Waals surface area contributed by atoms with Gasteiger partial charge in [-0.2, -0.15) is 0 Å². The van der Waals surface area contributed by atoms with Crippen molar-refractivity contribution < 1.29 is 9.59 Å². The summed E-state index contributed by atoms with van der Waals surface area (Å²) in [7, 11) is 0. The van der Waals surface area contributed by atoms with E-state index in [4.69, 9.17) is 0 Å². The molecule has 0 bridgehead atoms.